The minimum absolute atomic E-state index is 0.228. The van der Waals surface area contributed by atoms with E-state index in [2.05, 4.69) is 15.9 Å². The monoisotopic (exact) mass is 342 g/mol. The summed E-state index contributed by atoms with van der Waals surface area (Å²) in [4.78, 5) is 0. The first kappa shape index (κ1) is 14.5. The first-order chi connectivity index (χ1) is 8.90. The van der Waals surface area contributed by atoms with Gasteiger partial charge in [-0.15, -0.1) is 0 Å². The molecule has 2 aromatic carbocycles. The van der Waals surface area contributed by atoms with Crippen LogP contribution in [-0.2, 0) is 0 Å². The van der Waals surface area contributed by atoms with Crippen molar-refractivity contribution < 1.29 is 9.50 Å². The molecule has 0 heterocycles. The highest BCUT2D eigenvalue weighted by atomic mass is 79.9. The fourth-order valence-electron chi connectivity index (χ4n) is 2.01. The average molecular weight is 344 g/mol. The first-order valence-electron chi connectivity index (χ1n) is 5.80. The van der Waals surface area contributed by atoms with Gasteiger partial charge in [0.2, 0.25) is 0 Å². The van der Waals surface area contributed by atoms with E-state index < -0.39 is 6.10 Å². The fourth-order valence-corrected chi connectivity index (χ4v) is 2.53. The molecule has 0 saturated carbocycles. The van der Waals surface area contributed by atoms with E-state index in [1.54, 1.807) is 44.2 Å². The molecule has 0 aliphatic carbocycles. The van der Waals surface area contributed by atoms with Gasteiger partial charge in [-0.2, -0.15) is 0 Å². The van der Waals surface area contributed by atoms with Crippen molar-refractivity contribution in [1.82, 2.24) is 0 Å². The molecule has 0 fully saturated rings. The minimum atomic E-state index is -0.799. The maximum Gasteiger partial charge on any atom is 0.129 e. The van der Waals surface area contributed by atoms with E-state index in [1.807, 2.05) is 0 Å². The Labute approximate surface area is 125 Å². The molecule has 1 nitrogen and oxygen atoms in total. The summed E-state index contributed by atoms with van der Waals surface area (Å²) < 4.78 is 14.3. The van der Waals surface area contributed by atoms with Gasteiger partial charge >= 0.3 is 0 Å². The molecule has 2 aromatic rings. The molecule has 0 aliphatic heterocycles. The lowest BCUT2D eigenvalue weighted by Crippen LogP contribution is -2.02. The number of aliphatic hydroxyl groups excluding tert-OH is 1. The molecule has 0 aliphatic rings. The molecule has 2 rings (SSSR count). The smallest absolute Gasteiger partial charge is 0.129 e. The topological polar surface area (TPSA) is 20.2 Å². The third-order valence-corrected chi connectivity index (χ3v) is 4.25. The predicted octanol–water partition coefficient (Wildman–Crippen LogP) is 4.94. The predicted molar refractivity (Wildman–Crippen MR) is 79.1 cm³/mol. The average Bonchev–Trinajstić information content (AvgIpc) is 2.37. The van der Waals surface area contributed by atoms with Crippen molar-refractivity contribution in [2.24, 2.45) is 0 Å². The van der Waals surface area contributed by atoms with Crippen LogP contribution in [0.1, 0.15) is 28.4 Å². The second-order valence-corrected chi connectivity index (χ2v) is 5.81. The molecule has 1 unspecified atom stereocenters. The molecule has 4 heteroatoms. The van der Waals surface area contributed by atoms with Crippen LogP contribution in [0, 0.1) is 19.7 Å². The van der Waals surface area contributed by atoms with Crippen molar-refractivity contribution in [3.63, 3.8) is 0 Å². The second kappa shape index (κ2) is 5.61. The highest BCUT2D eigenvalue weighted by molar-refractivity contribution is 9.10. The van der Waals surface area contributed by atoms with Gasteiger partial charge in [0.15, 0.2) is 0 Å². The number of aliphatic hydroxyl groups is 1. The summed E-state index contributed by atoms with van der Waals surface area (Å²) in [5.74, 6) is -0.228. The van der Waals surface area contributed by atoms with Crippen LogP contribution >= 0.6 is 27.5 Å². The van der Waals surface area contributed by atoms with Crippen LogP contribution in [0.2, 0.25) is 5.02 Å². The highest BCUT2D eigenvalue weighted by Crippen LogP contribution is 2.30. The molecule has 1 N–H and O–H groups in total. The van der Waals surface area contributed by atoms with Gasteiger partial charge in [-0.25, -0.2) is 4.39 Å². The second-order valence-electron chi connectivity index (χ2n) is 4.54. The molecule has 0 bridgehead atoms. The number of aryl methyl sites for hydroxylation is 2. The molecular weight excluding hydrogens is 331 g/mol. The van der Waals surface area contributed by atoms with Crippen LogP contribution in [0.15, 0.2) is 34.8 Å². The normalized spacial score (nSPS) is 12.5. The SMILES string of the molecule is Cc1cc(C(O)c2ccc(Cl)c(Br)c2)cc(C)c1F. The number of hydrogen-bond acceptors (Lipinski definition) is 1. The fraction of sp³-hybridized carbons (Fsp3) is 0.200. The summed E-state index contributed by atoms with van der Waals surface area (Å²) in [5, 5.41) is 10.9. The van der Waals surface area contributed by atoms with Crippen molar-refractivity contribution in [3.05, 3.63) is 67.9 Å². The summed E-state index contributed by atoms with van der Waals surface area (Å²) in [6.07, 6.45) is -0.799. The molecule has 0 spiro atoms. The molecule has 1 atom stereocenters. The van der Waals surface area contributed by atoms with Crippen LogP contribution in [0.5, 0.6) is 0 Å². The Morgan fingerprint density at radius 2 is 1.68 bits per heavy atom. The van der Waals surface area contributed by atoms with E-state index in [9.17, 15) is 9.50 Å². The summed E-state index contributed by atoms with van der Waals surface area (Å²) in [6.45, 7) is 3.38. The molecule has 19 heavy (non-hydrogen) atoms. The van der Waals surface area contributed by atoms with Crippen LogP contribution in [0.3, 0.4) is 0 Å². The van der Waals surface area contributed by atoms with Gasteiger partial charge in [0, 0.05) is 4.47 Å². The summed E-state index contributed by atoms with van der Waals surface area (Å²) in [5.41, 5.74) is 2.44. The molecule has 0 aromatic heterocycles. The Morgan fingerprint density at radius 3 is 2.21 bits per heavy atom. The third-order valence-electron chi connectivity index (χ3n) is 3.03. The van der Waals surface area contributed by atoms with Gasteiger partial charge in [0.05, 0.1) is 5.02 Å². The van der Waals surface area contributed by atoms with E-state index >= 15 is 0 Å². The van der Waals surface area contributed by atoms with Gasteiger partial charge in [-0.05, 0) is 64.2 Å². The van der Waals surface area contributed by atoms with Crippen molar-refractivity contribution in [2.45, 2.75) is 20.0 Å². The third kappa shape index (κ3) is 2.99. The van der Waals surface area contributed by atoms with E-state index in [4.69, 9.17) is 11.6 Å². The molecule has 0 radical (unpaired) electrons. The molecule has 0 amide bonds. The zero-order chi connectivity index (χ0) is 14.2. The van der Waals surface area contributed by atoms with Gasteiger partial charge in [0.25, 0.3) is 0 Å². The van der Waals surface area contributed by atoms with Crippen LogP contribution in [-0.4, -0.2) is 5.11 Å². The van der Waals surface area contributed by atoms with E-state index in [-0.39, 0.29) is 5.82 Å². The lowest BCUT2D eigenvalue weighted by Gasteiger charge is -2.14. The highest BCUT2D eigenvalue weighted by Gasteiger charge is 2.14. The van der Waals surface area contributed by atoms with Gasteiger partial charge in [-0.1, -0.05) is 29.8 Å². The van der Waals surface area contributed by atoms with Gasteiger partial charge in [-0.3, -0.25) is 0 Å². The van der Waals surface area contributed by atoms with Gasteiger partial charge < -0.3 is 5.11 Å². The van der Waals surface area contributed by atoms with E-state index in [1.165, 1.54) is 0 Å². The van der Waals surface area contributed by atoms with Crippen molar-refractivity contribution >= 4 is 27.5 Å². The lowest BCUT2D eigenvalue weighted by molar-refractivity contribution is 0.220. The Kier molecular flexibility index (Phi) is 4.29. The number of rotatable bonds is 2. The van der Waals surface area contributed by atoms with Crippen molar-refractivity contribution in [3.8, 4) is 0 Å². The minimum Gasteiger partial charge on any atom is -0.384 e. The maximum absolute atomic E-state index is 13.6. The summed E-state index contributed by atoms with van der Waals surface area (Å²) >= 11 is 9.25. The Hall–Kier alpha value is -0.900. The number of hydrogen-bond donors (Lipinski definition) is 1. The largest absolute Gasteiger partial charge is 0.384 e. The number of halogens is 3. The Balaban J connectivity index is 2.43. The van der Waals surface area contributed by atoms with Crippen molar-refractivity contribution in [2.75, 3.05) is 0 Å². The van der Waals surface area contributed by atoms with Crippen LogP contribution in [0.25, 0.3) is 0 Å². The van der Waals surface area contributed by atoms with E-state index in [0.29, 0.717) is 27.3 Å². The maximum atomic E-state index is 13.6. The molecule has 0 saturated heterocycles. The standard InChI is InChI=1S/C15H13BrClFO/c1-8-5-11(6-9(2)14(8)18)15(19)10-3-4-13(17)12(16)7-10/h3-7,15,19H,1-2H3. The quantitative estimate of drug-likeness (QED) is 0.819. The summed E-state index contributed by atoms with van der Waals surface area (Å²) in [7, 11) is 0. The Bertz CT molecular complexity index is 605. The van der Waals surface area contributed by atoms with Crippen LogP contribution < -0.4 is 0 Å². The molecule has 100 valence electrons. The summed E-state index contributed by atoms with van der Waals surface area (Å²) in [6, 6.07) is 8.56. The van der Waals surface area contributed by atoms with E-state index in [0.717, 1.165) is 4.47 Å². The van der Waals surface area contributed by atoms with Crippen LogP contribution in [0.4, 0.5) is 4.39 Å². The Morgan fingerprint density at radius 1 is 1.11 bits per heavy atom. The lowest BCUT2D eigenvalue weighted by atomic mass is 9.97. The first-order valence-corrected chi connectivity index (χ1v) is 6.97. The zero-order valence-corrected chi connectivity index (χ0v) is 12.9. The number of benzene rings is 2. The van der Waals surface area contributed by atoms with Gasteiger partial charge in [0.1, 0.15) is 11.9 Å². The van der Waals surface area contributed by atoms with Crippen molar-refractivity contribution in [1.29, 1.82) is 0 Å². The zero-order valence-electron chi connectivity index (χ0n) is 10.5. The molecular formula is C15H13BrClFO.